The van der Waals surface area contributed by atoms with Crippen LogP contribution >= 0.6 is 0 Å². The highest BCUT2D eigenvalue weighted by Gasteiger charge is 2.20. The first kappa shape index (κ1) is 19.2. The third-order valence-electron chi connectivity index (χ3n) is 5.19. The molecule has 0 N–H and O–H groups in total. The molecular formula is C21H24FN5O2. The van der Waals surface area contributed by atoms with Gasteiger partial charge in [0.2, 0.25) is 0 Å². The summed E-state index contributed by atoms with van der Waals surface area (Å²) >= 11 is 0. The van der Waals surface area contributed by atoms with Gasteiger partial charge in [0.1, 0.15) is 23.6 Å². The Balaban J connectivity index is 1.46. The Bertz CT molecular complexity index is 952. The largest absolute Gasteiger partial charge is 0.497 e. The summed E-state index contributed by atoms with van der Waals surface area (Å²) in [6, 6.07) is 12.3. The average molecular weight is 397 g/mol. The van der Waals surface area contributed by atoms with E-state index >= 15 is 0 Å². The first-order valence-corrected chi connectivity index (χ1v) is 9.52. The summed E-state index contributed by atoms with van der Waals surface area (Å²) in [5, 5.41) is 8.43. The lowest BCUT2D eigenvalue weighted by Gasteiger charge is -2.35. The summed E-state index contributed by atoms with van der Waals surface area (Å²) in [5.41, 5.74) is 1.90. The molecule has 0 bridgehead atoms. The number of anilines is 1. The molecule has 7 nitrogen and oxygen atoms in total. The minimum Gasteiger partial charge on any atom is -0.497 e. The van der Waals surface area contributed by atoms with Crippen LogP contribution in [0.3, 0.4) is 0 Å². The van der Waals surface area contributed by atoms with E-state index in [1.807, 2.05) is 34.9 Å². The van der Waals surface area contributed by atoms with Gasteiger partial charge in [0.15, 0.2) is 5.82 Å². The third-order valence-corrected chi connectivity index (χ3v) is 5.19. The normalized spacial score (nSPS) is 14.8. The van der Waals surface area contributed by atoms with Crippen LogP contribution in [0.15, 0.2) is 48.8 Å². The lowest BCUT2D eigenvalue weighted by molar-refractivity contribution is 0.242. The van der Waals surface area contributed by atoms with Gasteiger partial charge in [0, 0.05) is 37.9 Å². The van der Waals surface area contributed by atoms with Crippen molar-refractivity contribution in [1.82, 2.24) is 19.7 Å². The summed E-state index contributed by atoms with van der Waals surface area (Å²) < 4.78 is 25.9. The van der Waals surface area contributed by atoms with Crippen LogP contribution in [0.1, 0.15) is 5.82 Å². The van der Waals surface area contributed by atoms with E-state index in [0.717, 1.165) is 54.9 Å². The Hall–Kier alpha value is -3.13. The fraction of sp³-hybridized carbons (Fsp3) is 0.333. The summed E-state index contributed by atoms with van der Waals surface area (Å²) in [4.78, 5) is 4.61. The highest BCUT2D eigenvalue weighted by molar-refractivity contribution is 5.51. The third kappa shape index (κ3) is 4.17. The molecule has 0 spiro atoms. The molecule has 2 aromatic carbocycles. The molecule has 4 rings (SSSR count). The zero-order valence-electron chi connectivity index (χ0n) is 16.6. The number of aromatic nitrogens is 3. The van der Waals surface area contributed by atoms with Gasteiger partial charge in [-0.1, -0.05) is 0 Å². The molecule has 0 amide bonds. The Morgan fingerprint density at radius 2 is 1.72 bits per heavy atom. The van der Waals surface area contributed by atoms with Gasteiger partial charge in [0.05, 0.1) is 26.5 Å². The van der Waals surface area contributed by atoms with Crippen molar-refractivity contribution < 1.29 is 13.9 Å². The maximum atomic E-state index is 13.1. The second-order valence-electron chi connectivity index (χ2n) is 6.89. The van der Waals surface area contributed by atoms with Crippen LogP contribution in [-0.2, 0) is 6.54 Å². The van der Waals surface area contributed by atoms with Crippen LogP contribution in [0.5, 0.6) is 11.5 Å². The van der Waals surface area contributed by atoms with Crippen molar-refractivity contribution in [1.29, 1.82) is 0 Å². The molecule has 0 aliphatic carbocycles. The SMILES string of the molecule is COc1ccc(OC)c(-n2cnnc2CN2CCN(c3ccc(F)cc3)CC2)c1. The summed E-state index contributed by atoms with van der Waals surface area (Å²) in [6.45, 7) is 4.21. The smallest absolute Gasteiger partial charge is 0.151 e. The number of rotatable bonds is 6. The van der Waals surface area contributed by atoms with Crippen LogP contribution < -0.4 is 14.4 Å². The molecule has 1 saturated heterocycles. The fourth-order valence-electron chi connectivity index (χ4n) is 3.57. The second-order valence-corrected chi connectivity index (χ2v) is 6.89. The molecule has 1 fully saturated rings. The van der Waals surface area contributed by atoms with Crippen LogP contribution in [-0.4, -0.2) is 60.1 Å². The number of hydrogen-bond acceptors (Lipinski definition) is 6. The Morgan fingerprint density at radius 3 is 2.41 bits per heavy atom. The number of piperazine rings is 1. The molecular weight excluding hydrogens is 373 g/mol. The number of nitrogens with zero attached hydrogens (tertiary/aromatic N) is 5. The Labute approximate surface area is 169 Å². The van der Waals surface area contributed by atoms with Crippen molar-refractivity contribution in [2.45, 2.75) is 6.54 Å². The van der Waals surface area contributed by atoms with Gasteiger partial charge in [0.25, 0.3) is 0 Å². The lowest BCUT2D eigenvalue weighted by Crippen LogP contribution is -2.46. The summed E-state index contributed by atoms with van der Waals surface area (Å²) in [5.74, 6) is 2.10. The predicted molar refractivity (Wildman–Crippen MR) is 108 cm³/mol. The monoisotopic (exact) mass is 397 g/mol. The zero-order valence-corrected chi connectivity index (χ0v) is 16.6. The van der Waals surface area contributed by atoms with E-state index in [0.29, 0.717) is 6.54 Å². The van der Waals surface area contributed by atoms with Crippen LogP contribution in [0.2, 0.25) is 0 Å². The van der Waals surface area contributed by atoms with Crippen molar-refractivity contribution in [3.05, 3.63) is 60.4 Å². The molecule has 8 heteroatoms. The Kier molecular flexibility index (Phi) is 5.62. The summed E-state index contributed by atoms with van der Waals surface area (Å²) in [6.07, 6.45) is 1.70. The van der Waals surface area contributed by atoms with Crippen LogP contribution in [0, 0.1) is 5.82 Å². The number of ether oxygens (including phenoxy) is 2. The standard InChI is InChI=1S/C21H24FN5O2/c1-28-18-7-8-20(29-2)19(13-18)27-15-23-24-21(27)14-25-9-11-26(12-10-25)17-5-3-16(22)4-6-17/h3-8,13,15H,9-12,14H2,1-2H3. The van der Waals surface area contributed by atoms with Crippen molar-refractivity contribution >= 4 is 5.69 Å². The number of halogens is 1. The van der Waals surface area contributed by atoms with E-state index in [9.17, 15) is 4.39 Å². The van der Waals surface area contributed by atoms with E-state index in [-0.39, 0.29) is 5.82 Å². The number of hydrogen-bond donors (Lipinski definition) is 0. The number of benzene rings is 2. The lowest BCUT2D eigenvalue weighted by atomic mass is 10.2. The molecule has 0 saturated carbocycles. The molecule has 29 heavy (non-hydrogen) atoms. The van der Waals surface area contributed by atoms with Crippen molar-refractivity contribution in [2.24, 2.45) is 0 Å². The highest BCUT2D eigenvalue weighted by Crippen LogP contribution is 2.28. The van der Waals surface area contributed by atoms with Gasteiger partial charge in [-0.15, -0.1) is 10.2 Å². The minimum absolute atomic E-state index is 0.209. The fourth-order valence-corrected chi connectivity index (χ4v) is 3.57. The van der Waals surface area contributed by atoms with Crippen molar-refractivity contribution in [3.8, 4) is 17.2 Å². The molecule has 152 valence electrons. The predicted octanol–water partition coefficient (Wildman–Crippen LogP) is 2.75. The maximum Gasteiger partial charge on any atom is 0.151 e. The number of methoxy groups -OCH3 is 2. The molecule has 0 unspecified atom stereocenters. The van der Waals surface area contributed by atoms with Gasteiger partial charge < -0.3 is 14.4 Å². The van der Waals surface area contributed by atoms with Crippen LogP contribution in [0.4, 0.5) is 10.1 Å². The molecule has 0 atom stereocenters. The van der Waals surface area contributed by atoms with Gasteiger partial charge >= 0.3 is 0 Å². The van der Waals surface area contributed by atoms with Crippen molar-refractivity contribution in [2.75, 3.05) is 45.3 Å². The van der Waals surface area contributed by atoms with E-state index in [1.54, 1.807) is 20.5 Å². The molecule has 3 aromatic rings. The second kappa shape index (κ2) is 8.48. The first-order chi connectivity index (χ1) is 14.2. The molecule has 1 aromatic heterocycles. The Morgan fingerprint density at radius 1 is 0.966 bits per heavy atom. The van der Waals surface area contributed by atoms with Gasteiger partial charge in [-0.2, -0.15) is 0 Å². The highest BCUT2D eigenvalue weighted by atomic mass is 19.1. The van der Waals surface area contributed by atoms with Gasteiger partial charge in [-0.05, 0) is 36.4 Å². The van der Waals surface area contributed by atoms with Crippen LogP contribution in [0.25, 0.3) is 5.69 Å². The zero-order chi connectivity index (χ0) is 20.2. The molecule has 1 aliphatic heterocycles. The van der Waals surface area contributed by atoms with Crippen molar-refractivity contribution in [3.63, 3.8) is 0 Å². The quantitative estimate of drug-likeness (QED) is 0.638. The van der Waals surface area contributed by atoms with E-state index in [2.05, 4.69) is 20.0 Å². The topological polar surface area (TPSA) is 55.7 Å². The van der Waals surface area contributed by atoms with E-state index in [1.165, 1.54) is 12.1 Å². The molecule has 0 radical (unpaired) electrons. The average Bonchev–Trinajstić information content (AvgIpc) is 3.22. The minimum atomic E-state index is -0.209. The maximum absolute atomic E-state index is 13.1. The summed E-state index contributed by atoms with van der Waals surface area (Å²) in [7, 11) is 3.28. The molecule has 2 heterocycles. The van der Waals surface area contributed by atoms with Gasteiger partial charge in [-0.25, -0.2) is 4.39 Å². The van der Waals surface area contributed by atoms with E-state index < -0.39 is 0 Å². The van der Waals surface area contributed by atoms with Gasteiger partial charge in [-0.3, -0.25) is 9.47 Å². The first-order valence-electron chi connectivity index (χ1n) is 9.52. The molecule has 1 aliphatic rings. The van der Waals surface area contributed by atoms with E-state index in [4.69, 9.17) is 9.47 Å².